The smallest absolute Gasteiger partial charge is 0.0931 e. The van der Waals surface area contributed by atoms with Crippen molar-refractivity contribution in [2.75, 3.05) is 26.7 Å². The summed E-state index contributed by atoms with van der Waals surface area (Å²) < 4.78 is 0.895. The Kier molecular flexibility index (Phi) is 5.49. The van der Waals surface area contributed by atoms with Crippen LogP contribution in [0.3, 0.4) is 0 Å². The molecule has 1 saturated heterocycles. The van der Waals surface area contributed by atoms with Crippen molar-refractivity contribution in [2.24, 2.45) is 5.92 Å². The van der Waals surface area contributed by atoms with Crippen molar-refractivity contribution in [3.05, 3.63) is 21.3 Å². The molecule has 1 N–H and O–H groups in total. The third kappa shape index (κ3) is 4.23. The molecule has 0 spiro atoms. The number of thiophene rings is 1. The molecule has 18 heavy (non-hydrogen) atoms. The first-order valence-corrected chi connectivity index (χ1v) is 8.01. The van der Waals surface area contributed by atoms with Crippen LogP contribution in [0.1, 0.15) is 24.6 Å². The molecule has 2 atom stereocenters. The van der Waals surface area contributed by atoms with Crippen molar-refractivity contribution in [2.45, 2.75) is 32.2 Å². The summed E-state index contributed by atoms with van der Waals surface area (Å²) in [5.74, 6) is 0.802. The maximum atomic E-state index is 5.93. The van der Waals surface area contributed by atoms with Crippen molar-refractivity contribution in [3.63, 3.8) is 0 Å². The molecule has 102 valence electrons. The molecule has 1 fully saturated rings. The van der Waals surface area contributed by atoms with Crippen LogP contribution in [-0.2, 0) is 6.42 Å². The van der Waals surface area contributed by atoms with E-state index in [1.807, 2.05) is 6.07 Å². The van der Waals surface area contributed by atoms with E-state index in [1.165, 1.54) is 30.8 Å². The maximum absolute atomic E-state index is 5.93. The number of nitrogens with zero attached hydrogens (tertiary/aromatic N) is 1. The number of hydrogen-bond donors (Lipinski definition) is 1. The maximum Gasteiger partial charge on any atom is 0.0931 e. The topological polar surface area (TPSA) is 15.3 Å². The first kappa shape index (κ1) is 14.3. The average molecular weight is 287 g/mol. The van der Waals surface area contributed by atoms with Gasteiger partial charge in [-0.1, -0.05) is 11.6 Å². The van der Waals surface area contributed by atoms with Gasteiger partial charge in [0.15, 0.2) is 0 Å². The van der Waals surface area contributed by atoms with Crippen LogP contribution in [0.25, 0.3) is 0 Å². The van der Waals surface area contributed by atoms with Gasteiger partial charge in [-0.05, 0) is 57.8 Å². The van der Waals surface area contributed by atoms with Gasteiger partial charge in [0.2, 0.25) is 0 Å². The Labute approximate surface area is 119 Å². The summed E-state index contributed by atoms with van der Waals surface area (Å²) in [5.41, 5.74) is 0. The normalized spacial score (nSPS) is 23.2. The quantitative estimate of drug-likeness (QED) is 0.894. The minimum Gasteiger partial charge on any atom is -0.314 e. The Bertz CT molecular complexity index is 366. The van der Waals surface area contributed by atoms with E-state index in [9.17, 15) is 0 Å². The second kappa shape index (κ2) is 6.90. The summed E-state index contributed by atoms with van der Waals surface area (Å²) in [4.78, 5) is 3.83. The molecule has 1 aromatic rings. The van der Waals surface area contributed by atoms with Crippen LogP contribution in [-0.4, -0.2) is 37.6 Å². The van der Waals surface area contributed by atoms with Crippen LogP contribution < -0.4 is 5.32 Å². The van der Waals surface area contributed by atoms with Crippen LogP contribution in [0.15, 0.2) is 12.1 Å². The predicted octanol–water partition coefficient (Wildman–Crippen LogP) is 3.26. The van der Waals surface area contributed by atoms with Crippen molar-refractivity contribution in [1.29, 1.82) is 0 Å². The van der Waals surface area contributed by atoms with Gasteiger partial charge in [0, 0.05) is 24.0 Å². The highest BCUT2D eigenvalue weighted by molar-refractivity contribution is 7.16. The molecule has 2 rings (SSSR count). The number of piperidine rings is 1. The fourth-order valence-electron chi connectivity index (χ4n) is 2.69. The van der Waals surface area contributed by atoms with Gasteiger partial charge in [0.05, 0.1) is 4.34 Å². The van der Waals surface area contributed by atoms with Gasteiger partial charge in [0.1, 0.15) is 0 Å². The summed E-state index contributed by atoms with van der Waals surface area (Å²) >= 11 is 7.62. The van der Waals surface area contributed by atoms with E-state index in [2.05, 4.69) is 30.3 Å². The lowest BCUT2D eigenvalue weighted by molar-refractivity contribution is 0.179. The molecular formula is C14H23ClN2S. The molecular weight excluding hydrogens is 264 g/mol. The fraction of sp³-hybridized carbons (Fsp3) is 0.714. The van der Waals surface area contributed by atoms with Gasteiger partial charge in [-0.25, -0.2) is 0 Å². The van der Waals surface area contributed by atoms with Crippen molar-refractivity contribution in [1.82, 2.24) is 10.2 Å². The largest absolute Gasteiger partial charge is 0.314 e. The molecule has 0 amide bonds. The molecule has 0 aliphatic carbocycles. The standard InChI is InChI=1S/C14H23ClN2S/c1-11(12-4-3-9-17(2)10-12)16-8-7-13-5-6-14(15)18-13/h5-6,11-12,16H,3-4,7-10H2,1-2H3. The highest BCUT2D eigenvalue weighted by Gasteiger charge is 2.22. The Morgan fingerprint density at radius 2 is 2.39 bits per heavy atom. The monoisotopic (exact) mass is 286 g/mol. The molecule has 2 unspecified atom stereocenters. The van der Waals surface area contributed by atoms with Gasteiger partial charge in [-0.15, -0.1) is 11.3 Å². The molecule has 0 radical (unpaired) electrons. The molecule has 1 aliphatic heterocycles. The Hall–Kier alpha value is -0.0900. The second-order valence-corrected chi connectivity index (χ2v) is 7.16. The number of hydrogen-bond acceptors (Lipinski definition) is 3. The summed E-state index contributed by atoms with van der Waals surface area (Å²) in [6.07, 6.45) is 3.79. The number of nitrogens with one attached hydrogen (secondary N) is 1. The van der Waals surface area contributed by atoms with E-state index < -0.39 is 0 Å². The van der Waals surface area contributed by atoms with Crippen molar-refractivity contribution >= 4 is 22.9 Å². The lowest BCUT2D eigenvalue weighted by Gasteiger charge is -2.34. The number of likely N-dealkylation sites (tertiary alicyclic amines) is 1. The Morgan fingerprint density at radius 1 is 1.56 bits per heavy atom. The van der Waals surface area contributed by atoms with Crippen LogP contribution in [0.5, 0.6) is 0 Å². The van der Waals surface area contributed by atoms with Crippen LogP contribution in [0, 0.1) is 5.92 Å². The molecule has 2 nitrogen and oxygen atoms in total. The zero-order valence-electron chi connectivity index (χ0n) is 11.3. The third-order valence-corrected chi connectivity index (χ3v) is 5.13. The molecule has 1 aromatic heterocycles. The molecule has 1 aliphatic rings. The van der Waals surface area contributed by atoms with E-state index in [1.54, 1.807) is 11.3 Å². The fourth-order valence-corrected chi connectivity index (χ4v) is 3.78. The second-order valence-electron chi connectivity index (χ2n) is 5.36. The minimum atomic E-state index is 0.614. The minimum absolute atomic E-state index is 0.614. The molecule has 0 aromatic carbocycles. The van der Waals surface area contributed by atoms with Crippen LogP contribution in [0.2, 0.25) is 4.34 Å². The van der Waals surface area contributed by atoms with Gasteiger partial charge >= 0.3 is 0 Å². The van der Waals surface area contributed by atoms with Crippen molar-refractivity contribution < 1.29 is 0 Å². The molecule has 2 heterocycles. The van der Waals surface area contributed by atoms with Crippen LogP contribution >= 0.6 is 22.9 Å². The van der Waals surface area contributed by atoms with Gasteiger partial charge < -0.3 is 10.2 Å². The van der Waals surface area contributed by atoms with Crippen molar-refractivity contribution in [3.8, 4) is 0 Å². The van der Waals surface area contributed by atoms with Gasteiger partial charge in [0.25, 0.3) is 0 Å². The van der Waals surface area contributed by atoms with Gasteiger partial charge in [-0.2, -0.15) is 0 Å². The summed E-state index contributed by atoms with van der Waals surface area (Å²) in [6, 6.07) is 4.73. The highest BCUT2D eigenvalue weighted by atomic mass is 35.5. The third-order valence-electron chi connectivity index (χ3n) is 3.83. The SMILES string of the molecule is CC(NCCc1ccc(Cl)s1)C1CCCN(C)C1. The van der Waals surface area contributed by atoms with E-state index >= 15 is 0 Å². The molecule has 0 bridgehead atoms. The van der Waals surface area contributed by atoms with Crippen LogP contribution in [0.4, 0.5) is 0 Å². The first-order valence-electron chi connectivity index (χ1n) is 6.81. The summed E-state index contributed by atoms with van der Waals surface area (Å²) in [6.45, 7) is 5.87. The van der Waals surface area contributed by atoms with E-state index in [0.717, 1.165) is 23.2 Å². The first-order chi connectivity index (χ1) is 8.65. The lowest BCUT2D eigenvalue weighted by Crippen LogP contribution is -2.43. The highest BCUT2D eigenvalue weighted by Crippen LogP contribution is 2.22. The van der Waals surface area contributed by atoms with E-state index in [0.29, 0.717) is 6.04 Å². The number of halogens is 1. The molecule has 0 saturated carbocycles. The van der Waals surface area contributed by atoms with Gasteiger partial charge in [-0.3, -0.25) is 0 Å². The summed E-state index contributed by atoms with van der Waals surface area (Å²) in [7, 11) is 2.23. The molecule has 4 heteroatoms. The predicted molar refractivity (Wildman–Crippen MR) is 80.7 cm³/mol. The zero-order chi connectivity index (χ0) is 13.0. The Morgan fingerprint density at radius 3 is 3.06 bits per heavy atom. The summed E-state index contributed by atoms with van der Waals surface area (Å²) in [5, 5.41) is 3.67. The zero-order valence-corrected chi connectivity index (χ0v) is 12.9. The lowest BCUT2D eigenvalue weighted by atomic mass is 9.92. The average Bonchev–Trinajstić information content (AvgIpc) is 2.75. The Balaban J connectivity index is 1.69. The van der Waals surface area contributed by atoms with E-state index in [-0.39, 0.29) is 0 Å². The number of rotatable bonds is 5. The van der Waals surface area contributed by atoms with E-state index in [4.69, 9.17) is 11.6 Å².